The monoisotopic (exact) mass is 406 g/mol. The first-order chi connectivity index (χ1) is 14.7. The van der Waals surface area contributed by atoms with Crippen molar-refractivity contribution >= 4 is 11.6 Å². The van der Waals surface area contributed by atoms with E-state index < -0.39 is 5.66 Å². The van der Waals surface area contributed by atoms with Crippen LogP contribution in [0.4, 0.5) is 5.69 Å². The van der Waals surface area contributed by atoms with Crippen LogP contribution in [0.2, 0.25) is 0 Å². The van der Waals surface area contributed by atoms with E-state index >= 15 is 0 Å². The van der Waals surface area contributed by atoms with Crippen LogP contribution in [-0.4, -0.2) is 24.0 Å². The van der Waals surface area contributed by atoms with Crippen molar-refractivity contribution in [3.8, 4) is 5.75 Å². The van der Waals surface area contributed by atoms with Crippen LogP contribution in [0.25, 0.3) is 0 Å². The normalized spacial score (nSPS) is 17.9. The molecular formula is C26H34N2O2. The topological polar surface area (TPSA) is 41.6 Å². The Morgan fingerprint density at radius 1 is 1.03 bits per heavy atom. The van der Waals surface area contributed by atoms with E-state index in [9.17, 15) is 4.79 Å². The van der Waals surface area contributed by atoms with Crippen molar-refractivity contribution in [2.24, 2.45) is 0 Å². The van der Waals surface area contributed by atoms with Gasteiger partial charge < -0.3 is 15.0 Å². The molecule has 1 aliphatic rings. The summed E-state index contributed by atoms with van der Waals surface area (Å²) in [7, 11) is 0. The van der Waals surface area contributed by atoms with Crippen molar-refractivity contribution in [1.29, 1.82) is 0 Å². The molecule has 4 nitrogen and oxygen atoms in total. The summed E-state index contributed by atoms with van der Waals surface area (Å²) in [6.45, 7) is 9.42. The van der Waals surface area contributed by atoms with E-state index in [2.05, 4.69) is 37.9 Å². The fraction of sp³-hybridized carbons (Fsp3) is 0.423. The molecule has 0 aromatic heterocycles. The van der Waals surface area contributed by atoms with Crippen molar-refractivity contribution in [2.75, 3.05) is 18.5 Å². The van der Waals surface area contributed by atoms with Gasteiger partial charge in [-0.1, -0.05) is 69.9 Å². The second-order valence-electron chi connectivity index (χ2n) is 7.88. The summed E-state index contributed by atoms with van der Waals surface area (Å²) in [6.07, 6.45) is 8.65. The van der Waals surface area contributed by atoms with Crippen LogP contribution in [0, 0.1) is 0 Å². The predicted molar refractivity (Wildman–Crippen MR) is 124 cm³/mol. The summed E-state index contributed by atoms with van der Waals surface area (Å²) in [5.41, 5.74) is 2.01. The number of anilines is 1. The number of unbranched alkanes of at least 4 members (excludes halogenated alkanes) is 4. The van der Waals surface area contributed by atoms with Gasteiger partial charge in [0.05, 0.1) is 12.2 Å². The van der Waals surface area contributed by atoms with Gasteiger partial charge in [0.1, 0.15) is 11.4 Å². The standard InChI is InChI=1S/C26H34N2O2/c1-4-7-8-9-12-20-30-22-17-15-21(16-18-22)26(6-3)27-24-14-11-10-13-23(24)25(29)28(26)19-5-2/h5,10-11,13-18,27H,2,4,6-9,12,19-20H2,1,3H3. The van der Waals surface area contributed by atoms with E-state index in [1.807, 2.05) is 41.3 Å². The van der Waals surface area contributed by atoms with Gasteiger partial charge >= 0.3 is 0 Å². The minimum atomic E-state index is -0.613. The lowest BCUT2D eigenvalue weighted by atomic mass is 9.89. The number of nitrogens with one attached hydrogen (secondary N) is 1. The molecule has 30 heavy (non-hydrogen) atoms. The summed E-state index contributed by atoms with van der Waals surface area (Å²) in [5, 5.41) is 3.65. The molecule has 1 amide bonds. The minimum absolute atomic E-state index is 0.0264. The molecule has 1 aliphatic heterocycles. The molecule has 0 radical (unpaired) electrons. The summed E-state index contributed by atoms with van der Waals surface area (Å²) < 4.78 is 5.93. The smallest absolute Gasteiger partial charge is 0.258 e. The molecule has 1 N–H and O–H groups in total. The largest absolute Gasteiger partial charge is 0.494 e. The van der Waals surface area contributed by atoms with E-state index in [4.69, 9.17) is 4.74 Å². The molecule has 2 aromatic rings. The number of nitrogens with zero attached hydrogens (tertiary/aromatic N) is 1. The Labute approximate surface area is 180 Å². The van der Waals surface area contributed by atoms with E-state index in [-0.39, 0.29) is 5.91 Å². The molecule has 1 atom stereocenters. The highest BCUT2D eigenvalue weighted by molar-refractivity contribution is 6.02. The van der Waals surface area contributed by atoms with Crippen molar-refractivity contribution in [2.45, 2.75) is 58.0 Å². The van der Waals surface area contributed by atoms with Crippen molar-refractivity contribution in [3.05, 3.63) is 72.3 Å². The number of hydrogen-bond acceptors (Lipinski definition) is 3. The van der Waals surface area contributed by atoms with E-state index in [1.165, 1.54) is 25.7 Å². The van der Waals surface area contributed by atoms with Crippen LogP contribution in [-0.2, 0) is 5.66 Å². The Balaban J connectivity index is 1.79. The fourth-order valence-electron chi connectivity index (χ4n) is 4.19. The minimum Gasteiger partial charge on any atom is -0.494 e. The van der Waals surface area contributed by atoms with Crippen LogP contribution in [0.1, 0.15) is 68.3 Å². The van der Waals surface area contributed by atoms with Crippen LogP contribution in [0.3, 0.4) is 0 Å². The lowest BCUT2D eigenvalue weighted by Gasteiger charge is -2.48. The van der Waals surface area contributed by atoms with Gasteiger partial charge in [-0.05, 0) is 42.7 Å². The zero-order valence-electron chi connectivity index (χ0n) is 18.3. The van der Waals surface area contributed by atoms with Gasteiger partial charge in [-0.2, -0.15) is 0 Å². The Kier molecular flexibility index (Phi) is 7.56. The van der Waals surface area contributed by atoms with E-state index in [0.717, 1.165) is 36.4 Å². The molecule has 0 spiro atoms. The summed E-state index contributed by atoms with van der Waals surface area (Å²) in [5.74, 6) is 0.900. The van der Waals surface area contributed by atoms with E-state index in [0.29, 0.717) is 12.1 Å². The number of rotatable bonds is 11. The highest BCUT2D eigenvalue weighted by Crippen LogP contribution is 2.40. The maximum absolute atomic E-state index is 13.3. The molecule has 4 heteroatoms. The van der Waals surface area contributed by atoms with Gasteiger partial charge in [-0.3, -0.25) is 4.79 Å². The quantitative estimate of drug-likeness (QED) is 0.349. The van der Waals surface area contributed by atoms with Gasteiger partial charge in [-0.15, -0.1) is 6.58 Å². The Morgan fingerprint density at radius 3 is 2.47 bits per heavy atom. The van der Waals surface area contributed by atoms with Crippen LogP contribution in [0.15, 0.2) is 61.2 Å². The number of carbonyl (C=O) groups excluding carboxylic acids is 1. The molecule has 0 fully saturated rings. The van der Waals surface area contributed by atoms with Crippen molar-refractivity contribution in [3.63, 3.8) is 0 Å². The first kappa shape index (κ1) is 21.9. The second kappa shape index (κ2) is 10.3. The summed E-state index contributed by atoms with van der Waals surface area (Å²) in [4.78, 5) is 15.2. The van der Waals surface area contributed by atoms with Crippen molar-refractivity contribution in [1.82, 2.24) is 4.90 Å². The zero-order valence-corrected chi connectivity index (χ0v) is 18.3. The van der Waals surface area contributed by atoms with E-state index in [1.54, 1.807) is 6.08 Å². The third-order valence-corrected chi connectivity index (χ3v) is 5.88. The number of hydrogen-bond donors (Lipinski definition) is 1. The number of carbonyl (C=O) groups is 1. The average Bonchev–Trinajstić information content (AvgIpc) is 2.78. The molecule has 0 aliphatic carbocycles. The number of ether oxygens (including phenoxy) is 1. The number of benzene rings is 2. The van der Waals surface area contributed by atoms with Gasteiger partial charge in [0.15, 0.2) is 0 Å². The summed E-state index contributed by atoms with van der Waals surface area (Å²) in [6, 6.07) is 15.9. The molecule has 1 unspecified atom stereocenters. The fourth-order valence-corrected chi connectivity index (χ4v) is 4.19. The molecule has 0 saturated carbocycles. The molecular weight excluding hydrogens is 372 g/mol. The van der Waals surface area contributed by atoms with Crippen LogP contribution >= 0.6 is 0 Å². The lowest BCUT2D eigenvalue weighted by molar-refractivity contribution is 0.0524. The first-order valence-electron chi connectivity index (χ1n) is 11.2. The maximum Gasteiger partial charge on any atom is 0.258 e. The third-order valence-electron chi connectivity index (χ3n) is 5.88. The van der Waals surface area contributed by atoms with Gasteiger partial charge in [0, 0.05) is 12.2 Å². The highest BCUT2D eigenvalue weighted by atomic mass is 16.5. The number of amides is 1. The molecule has 160 valence electrons. The molecule has 0 bridgehead atoms. The molecule has 0 saturated heterocycles. The number of para-hydroxylation sites is 1. The lowest BCUT2D eigenvalue weighted by Crippen LogP contribution is -2.57. The molecule has 3 rings (SSSR count). The van der Waals surface area contributed by atoms with Crippen LogP contribution < -0.4 is 10.1 Å². The Morgan fingerprint density at radius 2 is 1.77 bits per heavy atom. The van der Waals surface area contributed by atoms with Gasteiger partial charge in [-0.25, -0.2) is 0 Å². The highest BCUT2D eigenvalue weighted by Gasteiger charge is 2.44. The second-order valence-corrected chi connectivity index (χ2v) is 7.88. The van der Waals surface area contributed by atoms with Crippen molar-refractivity contribution < 1.29 is 9.53 Å². The Hall–Kier alpha value is -2.75. The Bertz CT molecular complexity index is 846. The van der Waals surface area contributed by atoms with Gasteiger partial charge in [0.2, 0.25) is 0 Å². The maximum atomic E-state index is 13.3. The summed E-state index contributed by atoms with van der Waals surface area (Å²) >= 11 is 0. The van der Waals surface area contributed by atoms with Crippen LogP contribution in [0.5, 0.6) is 5.75 Å². The molecule has 2 aromatic carbocycles. The zero-order chi connectivity index (χ0) is 21.4. The molecule has 1 heterocycles. The van der Waals surface area contributed by atoms with Gasteiger partial charge in [0.25, 0.3) is 5.91 Å². The number of fused-ring (bicyclic) bond motifs is 1. The predicted octanol–water partition coefficient (Wildman–Crippen LogP) is 6.35. The first-order valence-corrected chi connectivity index (χ1v) is 11.2. The third kappa shape index (κ3) is 4.53. The average molecular weight is 407 g/mol. The SMILES string of the molecule is C=CCN1C(=O)c2ccccc2NC1(CC)c1ccc(OCCCCCCC)cc1.